The van der Waals surface area contributed by atoms with Crippen LogP contribution < -0.4 is 9.64 Å². The van der Waals surface area contributed by atoms with Gasteiger partial charge in [-0.2, -0.15) is 9.97 Å². The molecule has 1 aliphatic carbocycles. The minimum absolute atomic E-state index is 0.0502. The van der Waals surface area contributed by atoms with Crippen molar-refractivity contribution in [2.24, 2.45) is 0 Å². The van der Waals surface area contributed by atoms with Gasteiger partial charge in [0, 0.05) is 49.4 Å². The lowest BCUT2D eigenvalue weighted by atomic mass is 9.95. The van der Waals surface area contributed by atoms with Gasteiger partial charge in [-0.25, -0.2) is 8.78 Å². The van der Waals surface area contributed by atoms with Crippen molar-refractivity contribution in [2.75, 3.05) is 50.9 Å². The number of phenolic OH excluding ortho intramolecular Hbond substituents is 1. The monoisotopic (exact) mass is 571 g/mol. The van der Waals surface area contributed by atoms with Crippen LogP contribution in [0.2, 0.25) is 5.02 Å². The maximum Gasteiger partial charge on any atom is 0.319 e. The number of ether oxygens (including phenoxy) is 2. The summed E-state index contributed by atoms with van der Waals surface area (Å²) in [5, 5.41) is 11.2. The van der Waals surface area contributed by atoms with Crippen LogP contribution in [0.4, 0.5) is 14.6 Å². The number of aromatic hydroxyl groups is 1. The number of phenols is 1. The van der Waals surface area contributed by atoms with Gasteiger partial charge in [0.2, 0.25) is 0 Å². The van der Waals surface area contributed by atoms with Crippen molar-refractivity contribution in [1.82, 2.24) is 19.9 Å². The minimum atomic E-state index is -0.880. The van der Waals surface area contributed by atoms with Gasteiger partial charge >= 0.3 is 6.01 Å². The quantitative estimate of drug-likeness (QED) is 0.430. The molecule has 3 saturated heterocycles. The summed E-state index contributed by atoms with van der Waals surface area (Å²) in [6.07, 6.45) is 5.68. The third-order valence-electron chi connectivity index (χ3n) is 8.75. The van der Waals surface area contributed by atoms with Gasteiger partial charge in [0.15, 0.2) is 5.82 Å². The van der Waals surface area contributed by atoms with Crippen molar-refractivity contribution in [1.29, 1.82) is 0 Å². The number of alkyl halides is 1. The van der Waals surface area contributed by atoms with Gasteiger partial charge in [-0.15, -0.1) is 0 Å². The van der Waals surface area contributed by atoms with Gasteiger partial charge in [-0.05, 0) is 62.3 Å². The van der Waals surface area contributed by atoms with E-state index in [1.807, 2.05) is 0 Å². The number of anilines is 1. The molecule has 8 nitrogen and oxygen atoms in total. The summed E-state index contributed by atoms with van der Waals surface area (Å²) < 4.78 is 42.6. The number of benzene rings is 1. The van der Waals surface area contributed by atoms with Crippen LogP contribution in [0.15, 0.2) is 18.3 Å². The molecule has 212 valence electrons. The zero-order valence-corrected chi connectivity index (χ0v) is 23.0. The Morgan fingerprint density at radius 3 is 2.88 bits per heavy atom. The van der Waals surface area contributed by atoms with Crippen LogP contribution in [0.25, 0.3) is 22.2 Å². The molecule has 2 aromatic heterocycles. The molecule has 0 spiro atoms. The molecule has 1 aromatic carbocycles. The second-order valence-corrected chi connectivity index (χ2v) is 11.9. The molecule has 1 saturated carbocycles. The minimum Gasteiger partial charge on any atom is -0.508 e. The molecule has 40 heavy (non-hydrogen) atoms. The molecule has 4 aliphatic rings. The fraction of sp³-hybridized carbons (Fsp3) is 0.552. The fourth-order valence-corrected chi connectivity index (χ4v) is 7.07. The number of aromatic nitrogens is 3. The lowest BCUT2D eigenvalue weighted by Crippen LogP contribution is -2.43. The highest BCUT2D eigenvalue weighted by atomic mass is 35.5. The Labute approximate surface area is 236 Å². The van der Waals surface area contributed by atoms with E-state index in [-0.39, 0.29) is 41.0 Å². The van der Waals surface area contributed by atoms with Crippen molar-refractivity contribution in [2.45, 2.75) is 56.2 Å². The molecule has 0 bridgehead atoms. The van der Waals surface area contributed by atoms with Crippen LogP contribution in [0, 0.1) is 5.82 Å². The fourth-order valence-electron chi connectivity index (χ4n) is 6.71. The lowest BCUT2D eigenvalue weighted by molar-refractivity contribution is 0.107. The average Bonchev–Trinajstić information content (AvgIpc) is 3.67. The molecule has 7 rings (SSSR count). The second kappa shape index (κ2) is 10.2. The van der Waals surface area contributed by atoms with Crippen LogP contribution in [0.5, 0.6) is 11.8 Å². The Morgan fingerprint density at radius 2 is 2.02 bits per heavy atom. The molecule has 3 aromatic rings. The Hall–Kier alpha value is -2.82. The summed E-state index contributed by atoms with van der Waals surface area (Å²) >= 11 is 6.51. The van der Waals surface area contributed by atoms with E-state index in [0.717, 1.165) is 44.2 Å². The maximum atomic E-state index is 16.5. The van der Waals surface area contributed by atoms with Crippen LogP contribution in [0.3, 0.4) is 0 Å². The van der Waals surface area contributed by atoms with E-state index in [4.69, 9.17) is 26.1 Å². The molecule has 1 N–H and O–H groups in total. The number of fused-ring (bicyclic) bond motifs is 2. The van der Waals surface area contributed by atoms with Crippen molar-refractivity contribution in [3.63, 3.8) is 0 Å². The first-order valence-electron chi connectivity index (χ1n) is 14.2. The molecule has 3 aliphatic heterocycles. The summed E-state index contributed by atoms with van der Waals surface area (Å²) in [6.45, 7) is 3.95. The Balaban J connectivity index is 1.33. The van der Waals surface area contributed by atoms with Gasteiger partial charge in [0.05, 0.1) is 17.5 Å². The SMILES string of the molecule is Oc1cc(Cl)c(C2CC2)c(-c2ncc3c(N4CCCOCC4)nc(OC[C@@]45CCCN4CC(F)C5)nc3c2F)c1. The van der Waals surface area contributed by atoms with Crippen molar-refractivity contribution < 1.29 is 23.4 Å². The van der Waals surface area contributed by atoms with E-state index < -0.39 is 12.0 Å². The van der Waals surface area contributed by atoms with Gasteiger partial charge in [-0.1, -0.05) is 11.6 Å². The number of rotatable bonds is 6. The number of pyridine rings is 1. The van der Waals surface area contributed by atoms with Gasteiger partial charge in [0.1, 0.15) is 35.6 Å². The van der Waals surface area contributed by atoms with E-state index in [1.165, 1.54) is 12.1 Å². The predicted octanol–water partition coefficient (Wildman–Crippen LogP) is 5.25. The summed E-state index contributed by atoms with van der Waals surface area (Å²) in [7, 11) is 0. The summed E-state index contributed by atoms with van der Waals surface area (Å²) in [4.78, 5) is 18.0. The highest BCUT2D eigenvalue weighted by Gasteiger charge is 2.49. The molecular formula is C29H32ClF2N5O3. The number of hydrogen-bond acceptors (Lipinski definition) is 8. The highest BCUT2D eigenvalue weighted by Crippen LogP contribution is 2.49. The van der Waals surface area contributed by atoms with E-state index in [2.05, 4.69) is 19.8 Å². The smallest absolute Gasteiger partial charge is 0.319 e. The third kappa shape index (κ3) is 4.63. The van der Waals surface area contributed by atoms with Crippen LogP contribution in [-0.2, 0) is 4.74 Å². The van der Waals surface area contributed by atoms with Crippen molar-refractivity contribution in [3.05, 3.63) is 34.7 Å². The first kappa shape index (κ1) is 26.1. The molecule has 5 heterocycles. The lowest BCUT2D eigenvalue weighted by Gasteiger charge is -2.31. The van der Waals surface area contributed by atoms with Crippen LogP contribution >= 0.6 is 11.6 Å². The number of halogens is 3. The first-order chi connectivity index (χ1) is 19.4. The van der Waals surface area contributed by atoms with Crippen molar-refractivity contribution in [3.8, 4) is 23.0 Å². The molecule has 0 radical (unpaired) electrons. The first-order valence-corrected chi connectivity index (χ1v) is 14.5. The molecular weight excluding hydrogens is 540 g/mol. The van der Waals surface area contributed by atoms with Gasteiger partial charge in [-0.3, -0.25) is 9.88 Å². The van der Waals surface area contributed by atoms with Crippen LogP contribution in [0.1, 0.15) is 50.0 Å². The van der Waals surface area contributed by atoms with E-state index in [9.17, 15) is 9.50 Å². The number of nitrogens with zero attached hydrogens (tertiary/aromatic N) is 5. The van der Waals surface area contributed by atoms with Crippen LogP contribution in [-0.4, -0.2) is 82.7 Å². The van der Waals surface area contributed by atoms with Gasteiger partial charge < -0.3 is 19.5 Å². The normalized spacial score (nSPS) is 25.4. The van der Waals surface area contributed by atoms with Crippen molar-refractivity contribution >= 4 is 28.3 Å². The molecule has 1 unspecified atom stereocenters. The highest BCUT2D eigenvalue weighted by molar-refractivity contribution is 6.32. The van der Waals surface area contributed by atoms with E-state index >= 15 is 4.39 Å². The summed E-state index contributed by atoms with van der Waals surface area (Å²) in [5.74, 6) is 0.0726. The summed E-state index contributed by atoms with van der Waals surface area (Å²) in [5.41, 5.74) is 1.06. The second-order valence-electron chi connectivity index (χ2n) is 11.5. The molecule has 0 amide bonds. The standard InChI is InChI=1S/C29H32ClF2N5O3/c30-22-12-19(38)11-20(23(22)17-3-4-17)25-24(32)26-21(14-33-25)27(36-6-2-9-39-10-8-36)35-28(34-26)40-16-29-5-1-7-37(29)15-18(31)13-29/h11-12,14,17-18,38H,1-10,13,15-16H2/t18?,29-/m0/s1. The van der Waals surface area contributed by atoms with Gasteiger partial charge in [0.25, 0.3) is 0 Å². The number of hydrogen-bond donors (Lipinski definition) is 1. The Bertz CT molecular complexity index is 1450. The van der Waals surface area contributed by atoms with E-state index in [0.29, 0.717) is 61.1 Å². The zero-order valence-electron chi connectivity index (χ0n) is 22.2. The maximum absolute atomic E-state index is 16.5. The topological polar surface area (TPSA) is 83.8 Å². The predicted molar refractivity (Wildman–Crippen MR) is 148 cm³/mol. The molecule has 11 heteroatoms. The average molecular weight is 572 g/mol. The molecule has 2 atom stereocenters. The third-order valence-corrected chi connectivity index (χ3v) is 9.06. The van der Waals surface area contributed by atoms with E-state index in [1.54, 1.807) is 6.20 Å². The zero-order chi connectivity index (χ0) is 27.4. The Kier molecular flexibility index (Phi) is 6.67. The largest absolute Gasteiger partial charge is 0.508 e. The Morgan fingerprint density at radius 1 is 1.15 bits per heavy atom. The summed E-state index contributed by atoms with van der Waals surface area (Å²) in [6, 6.07) is 3.06. The molecule has 4 fully saturated rings.